The predicted molar refractivity (Wildman–Crippen MR) is 115 cm³/mol. The first kappa shape index (κ1) is 20.9. The summed E-state index contributed by atoms with van der Waals surface area (Å²) in [4.78, 5) is 37.8. The van der Waals surface area contributed by atoms with Crippen LogP contribution in [0.1, 0.15) is 37.3 Å². The van der Waals surface area contributed by atoms with Crippen LogP contribution in [0.4, 0.5) is 4.79 Å². The van der Waals surface area contributed by atoms with Gasteiger partial charge in [0, 0.05) is 19.0 Å². The summed E-state index contributed by atoms with van der Waals surface area (Å²) in [6, 6.07) is 15.4. The van der Waals surface area contributed by atoms with E-state index in [-0.39, 0.29) is 31.5 Å². The summed E-state index contributed by atoms with van der Waals surface area (Å²) in [7, 11) is 0. The summed E-state index contributed by atoms with van der Waals surface area (Å²) in [5.74, 6) is -1.26. The van der Waals surface area contributed by atoms with Crippen LogP contribution in [0.25, 0.3) is 11.1 Å². The fourth-order valence-electron chi connectivity index (χ4n) is 4.43. The Balaban J connectivity index is 1.37. The third-order valence-corrected chi connectivity index (χ3v) is 6.25. The molecule has 1 saturated heterocycles. The first-order chi connectivity index (χ1) is 14.8. The van der Waals surface area contributed by atoms with Gasteiger partial charge in [-0.05, 0) is 35.6 Å². The number of carbonyl (C=O) groups is 3. The van der Waals surface area contributed by atoms with Crippen LogP contribution in [-0.2, 0) is 14.3 Å². The molecule has 2 aliphatic rings. The van der Waals surface area contributed by atoms with Gasteiger partial charge >= 0.3 is 12.1 Å². The van der Waals surface area contributed by atoms with Gasteiger partial charge in [0.2, 0.25) is 5.91 Å². The summed E-state index contributed by atoms with van der Waals surface area (Å²) in [6.45, 7) is 3.86. The molecule has 162 valence electrons. The Morgan fingerprint density at radius 1 is 1.10 bits per heavy atom. The Morgan fingerprint density at radius 2 is 1.65 bits per heavy atom. The molecule has 31 heavy (non-hydrogen) atoms. The first-order valence-corrected chi connectivity index (χ1v) is 10.5. The Bertz CT molecular complexity index is 983. The number of hydrogen-bond acceptors (Lipinski definition) is 4. The van der Waals surface area contributed by atoms with Crippen molar-refractivity contribution >= 4 is 18.0 Å². The van der Waals surface area contributed by atoms with Gasteiger partial charge in [0.1, 0.15) is 12.6 Å². The van der Waals surface area contributed by atoms with E-state index in [1.54, 1.807) is 13.8 Å². The lowest BCUT2D eigenvalue weighted by atomic mass is 9.81. The monoisotopic (exact) mass is 422 g/mol. The van der Waals surface area contributed by atoms with Crippen LogP contribution in [0.5, 0.6) is 0 Å². The zero-order chi connectivity index (χ0) is 22.2. The van der Waals surface area contributed by atoms with Crippen LogP contribution in [0, 0.1) is 5.41 Å². The number of carbonyl (C=O) groups excluding carboxylic acids is 2. The standard InChI is InChI=1S/C24H26N2O5/c1-3-20(21(27)26-13-24(2,14-26)22(28)29)25-23(30)31-12-19-17-10-6-4-8-15(17)16-9-5-7-11-18(16)19/h4-11,19-20H,3,12-14H2,1-2H3,(H,25,30)(H,28,29)/t20-/m0/s1. The molecule has 0 saturated carbocycles. The van der Waals surface area contributed by atoms with Crippen molar-refractivity contribution in [1.29, 1.82) is 0 Å². The minimum atomic E-state index is -0.922. The normalized spacial score (nSPS) is 17.2. The number of carboxylic acid groups (broad SMARTS) is 1. The van der Waals surface area contributed by atoms with Crippen molar-refractivity contribution < 1.29 is 24.2 Å². The van der Waals surface area contributed by atoms with Gasteiger partial charge in [0.15, 0.2) is 0 Å². The Hall–Kier alpha value is -3.35. The van der Waals surface area contributed by atoms with Crippen molar-refractivity contribution in [2.45, 2.75) is 32.2 Å². The second kappa shape index (κ2) is 8.06. The zero-order valence-electron chi connectivity index (χ0n) is 17.6. The Morgan fingerprint density at radius 3 is 2.16 bits per heavy atom. The van der Waals surface area contributed by atoms with E-state index in [2.05, 4.69) is 17.4 Å². The molecule has 2 aromatic carbocycles. The molecule has 2 N–H and O–H groups in total. The topological polar surface area (TPSA) is 95.9 Å². The number of carboxylic acids is 1. The number of ether oxygens (including phenoxy) is 1. The number of hydrogen-bond donors (Lipinski definition) is 2. The largest absolute Gasteiger partial charge is 0.481 e. The molecule has 0 spiro atoms. The quantitative estimate of drug-likeness (QED) is 0.745. The van der Waals surface area contributed by atoms with Crippen molar-refractivity contribution in [3.8, 4) is 11.1 Å². The highest BCUT2D eigenvalue weighted by Gasteiger charge is 2.48. The van der Waals surface area contributed by atoms with Gasteiger partial charge in [0.25, 0.3) is 0 Å². The number of benzene rings is 2. The van der Waals surface area contributed by atoms with Crippen LogP contribution in [0.2, 0.25) is 0 Å². The van der Waals surface area contributed by atoms with Gasteiger partial charge in [-0.1, -0.05) is 55.5 Å². The molecular formula is C24H26N2O5. The van der Waals surface area contributed by atoms with E-state index in [1.165, 1.54) is 4.90 Å². The molecule has 2 aromatic rings. The average Bonchev–Trinajstić information content (AvgIpc) is 3.07. The first-order valence-electron chi connectivity index (χ1n) is 10.5. The maximum atomic E-state index is 12.7. The van der Waals surface area contributed by atoms with E-state index >= 15 is 0 Å². The molecule has 0 radical (unpaired) electrons. The minimum absolute atomic E-state index is 0.0550. The van der Waals surface area contributed by atoms with Crippen molar-refractivity contribution in [1.82, 2.24) is 10.2 Å². The van der Waals surface area contributed by atoms with Crippen molar-refractivity contribution in [2.24, 2.45) is 5.41 Å². The summed E-state index contributed by atoms with van der Waals surface area (Å²) >= 11 is 0. The molecule has 4 rings (SSSR count). The molecule has 1 aliphatic carbocycles. The number of nitrogens with one attached hydrogen (secondary N) is 1. The van der Waals surface area contributed by atoms with Crippen LogP contribution >= 0.6 is 0 Å². The highest BCUT2D eigenvalue weighted by atomic mass is 16.5. The number of aliphatic carboxylic acids is 1. The van der Waals surface area contributed by atoms with E-state index in [0.29, 0.717) is 6.42 Å². The van der Waals surface area contributed by atoms with Crippen LogP contribution in [0.3, 0.4) is 0 Å². The lowest BCUT2D eigenvalue weighted by molar-refractivity contribution is -0.164. The number of amides is 2. The predicted octanol–water partition coefficient (Wildman–Crippen LogP) is 3.24. The molecule has 0 bridgehead atoms. The van der Waals surface area contributed by atoms with Crippen molar-refractivity contribution in [2.75, 3.05) is 19.7 Å². The van der Waals surface area contributed by atoms with Crippen LogP contribution in [-0.4, -0.2) is 53.7 Å². The second-order valence-electron chi connectivity index (χ2n) is 8.49. The smallest absolute Gasteiger partial charge is 0.407 e. The number of likely N-dealkylation sites (tertiary alicyclic amines) is 1. The third kappa shape index (κ3) is 3.76. The van der Waals surface area contributed by atoms with E-state index in [1.807, 2.05) is 36.4 Å². The number of nitrogens with zero attached hydrogens (tertiary/aromatic N) is 1. The van der Waals surface area contributed by atoms with Crippen LogP contribution < -0.4 is 5.32 Å². The maximum Gasteiger partial charge on any atom is 0.407 e. The lowest BCUT2D eigenvalue weighted by Gasteiger charge is -2.46. The molecule has 7 nitrogen and oxygen atoms in total. The van der Waals surface area contributed by atoms with E-state index < -0.39 is 23.5 Å². The Labute approximate surface area is 181 Å². The van der Waals surface area contributed by atoms with Crippen LogP contribution in [0.15, 0.2) is 48.5 Å². The van der Waals surface area contributed by atoms with Crippen molar-refractivity contribution in [3.05, 3.63) is 59.7 Å². The lowest BCUT2D eigenvalue weighted by Crippen LogP contribution is -2.64. The van der Waals surface area contributed by atoms with Gasteiger partial charge in [0.05, 0.1) is 5.41 Å². The molecule has 1 heterocycles. The number of fused-ring (bicyclic) bond motifs is 3. The van der Waals surface area contributed by atoms with E-state index in [4.69, 9.17) is 4.74 Å². The fraction of sp³-hybridized carbons (Fsp3) is 0.375. The van der Waals surface area contributed by atoms with Gasteiger partial charge in [-0.3, -0.25) is 9.59 Å². The molecule has 1 fully saturated rings. The molecule has 0 unspecified atom stereocenters. The highest BCUT2D eigenvalue weighted by molar-refractivity contribution is 5.88. The number of rotatable bonds is 6. The summed E-state index contributed by atoms with van der Waals surface area (Å²) in [5.41, 5.74) is 3.61. The average molecular weight is 422 g/mol. The maximum absolute atomic E-state index is 12.7. The SMILES string of the molecule is CC[C@H](NC(=O)OCC1c2ccccc2-c2ccccc21)C(=O)N1CC(C)(C(=O)O)C1. The molecule has 1 aliphatic heterocycles. The molecule has 1 atom stereocenters. The zero-order valence-corrected chi connectivity index (χ0v) is 17.6. The molecule has 2 amide bonds. The van der Waals surface area contributed by atoms with Gasteiger partial charge in [-0.2, -0.15) is 0 Å². The number of alkyl carbamates (subject to hydrolysis) is 1. The summed E-state index contributed by atoms with van der Waals surface area (Å²) in [5, 5.41) is 11.9. The summed E-state index contributed by atoms with van der Waals surface area (Å²) < 4.78 is 5.52. The molecule has 0 aromatic heterocycles. The van der Waals surface area contributed by atoms with E-state index in [0.717, 1.165) is 22.3 Å². The van der Waals surface area contributed by atoms with Crippen molar-refractivity contribution in [3.63, 3.8) is 0 Å². The second-order valence-corrected chi connectivity index (χ2v) is 8.49. The fourth-order valence-corrected chi connectivity index (χ4v) is 4.43. The molecular weight excluding hydrogens is 396 g/mol. The summed E-state index contributed by atoms with van der Waals surface area (Å²) in [6.07, 6.45) is -0.257. The van der Waals surface area contributed by atoms with Gasteiger partial charge < -0.3 is 20.1 Å². The molecule has 7 heteroatoms. The van der Waals surface area contributed by atoms with Gasteiger partial charge in [-0.25, -0.2) is 4.79 Å². The van der Waals surface area contributed by atoms with E-state index in [9.17, 15) is 19.5 Å². The van der Waals surface area contributed by atoms with Gasteiger partial charge in [-0.15, -0.1) is 0 Å². The minimum Gasteiger partial charge on any atom is -0.481 e. The Kier molecular flexibility index (Phi) is 5.43. The third-order valence-electron chi connectivity index (χ3n) is 6.25. The highest BCUT2D eigenvalue weighted by Crippen LogP contribution is 2.44.